The molecular formula is C13H15NO3S. The van der Waals surface area contributed by atoms with Gasteiger partial charge >= 0.3 is 0 Å². The molecule has 2 aromatic rings. The molecule has 0 N–H and O–H groups in total. The van der Waals surface area contributed by atoms with E-state index in [1.807, 2.05) is 24.6 Å². The van der Waals surface area contributed by atoms with Crippen molar-refractivity contribution >= 4 is 11.3 Å². The van der Waals surface area contributed by atoms with E-state index in [2.05, 4.69) is 4.98 Å². The van der Waals surface area contributed by atoms with Gasteiger partial charge in [-0.2, -0.15) is 0 Å². The lowest BCUT2D eigenvalue weighted by Gasteiger charge is -2.13. The smallest absolute Gasteiger partial charge is 0.203 e. The first-order chi connectivity index (χ1) is 8.71. The van der Waals surface area contributed by atoms with Crippen LogP contribution >= 0.6 is 11.3 Å². The van der Waals surface area contributed by atoms with Crippen LogP contribution in [-0.4, -0.2) is 26.3 Å². The predicted octanol–water partition coefficient (Wildman–Crippen LogP) is 3.14. The average molecular weight is 265 g/mol. The predicted molar refractivity (Wildman–Crippen MR) is 71.9 cm³/mol. The van der Waals surface area contributed by atoms with E-state index in [0.717, 1.165) is 16.1 Å². The van der Waals surface area contributed by atoms with Crippen LogP contribution in [0.5, 0.6) is 17.2 Å². The van der Waals surface area contributed by atoms with Crippen LogP contribution < -0.4 is 14.2 Å². The van der Waals surface area contributed by atoms with Crippen molar-refractivity contribution in [2.75, 3.05) is 21.3 Å². The number of benzene rings is 1. The summed E-state index contributed by atoms with van der Waals surface area (Å²) < 4.78 is 16.0. The van der Waals surface area contributed by atoms with E-state index in [9.17, 15) is 0 Å². The zero-order chi connectivity index (χ0) is 13.1. The summed E-state index contributed by atoms with van der Waals surface area (Å²) in [6, 6.07) is 3.86. The Labute approximate surface area is 110 Å². The molecule has 0 bridgehead atoms. The number of aromatic nitrogens is 1. The van der Waals surface area contributed by atoms with Gasteiger partial charge in [0.15, 0.2) is 11.5 Å². The fourth-order valence-corrected chi connectivity index (χ4v) is 2.58. The monoisotopic (exact) mass is 265 g/mol. The minimum atomic E-state index is 0.603. The van der Waals surface area contributed by atoms with Gasteiger partial charge in [0, 0.05) is 5.56 Å². The van der Waals surface area contributed by atoms with Crippen LogP contribution in [0.25, 0.3) is 10.4 Å². The fourth-order valence-electron chi connectivity index (χ4n) is 1.79. The van der Waals surface area contributed by atoms with Crippen LogP contribution in [-0.2, 0) is 0 Å². The van der Waals surface area contributed by atoms with Gasteiger partial charge in [-0.15, -0.1) is 11.3 Å². The standard InChI is InChI=1S/C13H15NO3S/c1-8-13(18-7-14-8)9-5-10(15-2)12(17-4)11(6-9)16-3/h5-7H,1-4H3. The summed E-state index contributed by atoms with van der Waals surface area (Å²) in [6.07, 6.45) is 0. The van der Waals surface area contributed by atoms with Crippen molar-refractivity contribution in [3.63, 3.8) is 0 Å². The molecule has 18 heavy (non-hydrogen) atoms. The Morgan fingerprint density at radius 1 is 1.00 bits per heavy atom. The number of ether oxygens (including phenoxy) is 3. The summed E-state index contributed by atoms with van der Waals surface area (Å²) in [6.45, 7) is 1.98. The van der Waals surface area contributed by atoms with Crippen LogP contribution in [0.4, 0.5) is 0 Å². The van der Waals surface area contributed by atoms with E-state index in [0.29, 0.717) is 17.2 Å². The molecule has 0 saturated carbocycles. The highest BCUT2D eigenvalue weighted by Gasteiger charge is 2.15. The first-order valence-electron chi connectivity index (χ1n) is 5.41. The third-order valence-corrected chi connectivity index (χ3v) is 3.65. The number of hydrogen-bond acceptors (Lipinski definition) is 5. The normalized spacial score (nSPS) is 10.2. The summed E-state index contributed by atoms with van der Waals surface area (Å²) in [5.41, 5.74) is 3.84. The van der Waals surface area contributed by atoms with Crippen LogP contribution in [0.2, 0.25) is 0 Å². The number of rotatable bonds is 4. The molecule has 0 aliphatic rings. The Bertz CT molecular complexity index is 526. The number of thiazole rings is 1. The van der Waals surface area contributed by atoms with Gasteiger partial charge in [0.1, 0.15) is 0 Å². The van der Waals surface area contributed by atoms with Crippen molar-refractivity contribution in [2.24, 2.45) is 0 Å². The second kappa shape index (κ2) is 5.27. The highest BCUT2D eigenvalue weighted by Crippen LogP contribution is 2.42. The molecule has 96 valence electrons. The molecular weight excluding hydrogens is 250 g/mol. The van der Waals surface area contributed by atoms with E-state index in [1.165, 1.54) is 0 Å². The average Bonchev–Trinajstić information content (AvgIpc) is 2.83. The minimum absolute atomic E-state index is 0.603. The van der Waals surface area contributed by atoms with E-state index in [-0.39, 0.29) is 0 Å². The third kappa shape index (κ3) is 2.13. The topological polar surface area (TPSA) is 40.6 Å². The first kappa shape index (κ1) is 12.7. The quantitative estimate of drug-likeness (QED) is 0.851. The lowest BCUT2D eigenvalue weighted by atomic mass is 10.1. The molecule has 4 nitrogen and oxygen atoms in total. The van der Waals surface area contributed by atoms with Gasteiger partial charge < -0.3 is 14.2 Å². The van der Waals surface area contributed by atoms with Gasteiger partial charge in [0.25, 0.3) is 0 Å². The first-order valence-corrected chi connectivity index (χ1v) is 6.29. The van der Waals surface area contributed by atoms with Crippen LogP contribution in [0.3, 0.4) is 0 Å². The summed E-state index contributed by atoms with van der Waals surface area (Å²) in [7, 11) is 4.82. The lowest BCUT2D eigenvalue weighted by Crippen LogP contribution is -1.95. The Kier molecular flexibility index (Phi) is 3.72. The Balaban J connectivity index is 2.60. The second-order valence-electron chi connectivity index (χ2n) is 3.68. The summed E-state index contributed by atoms with van der Waals surface area (Å²) in [4.78, 5) is 5.36. The maximum atomic E-state index is 5.34. The molecule has 2 rings (SSSR count). The van der Waals surface area contributed by atoms with Gasteiger partial charge in [-0.05, 0) is 19.1 Å². The number of aryl methyl sites for hydroxylation is 1. The van der Waals surface area contributed by atoms with Gasteiger partial charge in [-0.1, -0.05) is 0 Å². The highest BCUT2D eigenvalue weighted by molar-refractivity contribution is 7.13. The summed E-state index contributed by atoms with van der Waals surface area (Å²) >= 11 is 1.59. The van der Waals surface area contributed by atoms with Crippen LogP contribution in [0.15, 0.2) is 17.6 Å². The molecule has 0 unspecified atom stereocenters. The second-order valence-corrected chi connectivity index (χ2v) is 4.54. The molecule has 0 atom stereocenters. The van der Waals surface area contributed by atoms with Crippen molar-refractivity contribution < 1.29 is 14.2 Å². The van der Waals surface area contributed by atoms with Crippen molar-refractivity contribution in [1.29, 1.82) is 0 Å². The van der Waals surface area contributed by atoms with Gasteiger partial charge in [0.05, 0.1) is 37.4 Å². The maximum absolute atomic E-state index is 5.34. The van der Waals surface area contributed by atoms with Crippen molar-refractivity contribution in [3.05, 3.63) is 23.3 Å². The molecule has 0 radical (unpaired) electrons. The molecule has 0 saturated heterocycles. The van der Waals surface area contributed by atoms with Crippen molar-refractivity contribution in [2.45, 2.75) is 6.92 Å². The largest absolute Gasteiger partial charge is 0.493 e. The number of methoxy groups -OCH3 is 3. The van der Waals surface area contributed by atoms with E-state index >= 15 is 0 Å². The molecule has 1 aromatic heterocycles. The minimum Gasteiger partial charge on any atom is -0.493 e. The Morgan fingerprint density at radius 2 is 1.61 bits per heavy atom. The maximum Gasteiger partial charge on any atom is 0.203 e. The summed E-state index contributed by atoms with van der Waals surface area (Å²) in [5, 5.41) is 0. The fraction of sp³-hybridized carbons (Fsp3) is 0.308. The molecule has 0 amide bonds. The number of hydrogen-bond donors (Lipinski definition) is 0. The van der Waals surface area contributed by atoms with E-state index in [4.69, 9.17) is 14.2 Å². The van der Waals surface area contributed by atoms with E-state index < -0.39 is 0 Å². The van der Waals surface area contributed by atoms with Crippen LogP contribution in [0.1, 0.15) is 5.69 Å². The molecule has 0 aliphatic heterocycles. The van der Waals surface area contributed by atoms with E-state index in [1.54, 1.807) is 32.7 Å². The van der Waals surface area contributed by atoms with Crippen molar-refractivity contribution in [1.82, 2.24) is 4.98 Å². The van der Waals surface area contributed by atoms with Gasteiger partial charge in [-0.3, -0.25) is 0 Å². The van der Waals surface area contributed by atoms with Gasteiger partial charge in [-0.25, -0.2) is 4.98 Å². The number of nitrogens with zero attached hydrogens (tertiary/aromatic N) is 1. The Morgan fingerprint density at radius 3 is 2.00 bits per heavy atom. The molecule has 1 aromatic carbocycles. The van der Waals surface area contributed by atoms with Gasteiger partial charge in [0.2, 0.25) is 5.75 Å². The third-order valence-electron chi connectivity index (χ3n) is 2.67. The zero-order valence-corrected chi connectivity index (χ0v) is 11.6. The molecule has 5 heteroatoms. The van der Waals surface area contributed by atoms with Crippen LogP contribution in [0, 0.1) is 6.92 Å². The van der Waals surface area contributed by atoms with Crippen molar-refractivity contribution in [3.8, 4) is 27.7 Å². The SMILES string of the molecule is COc1cc(-c2scnc2C)cc(OC)c1OC. The highest BCUT2D eigenvalue weighted by atomic mass is 32.1. The zero-order valence-electron chi connectivity index (χ0n) is 10.8. The molecule has 0 fully saturated rings. The Hall–Kier alpha value is -1.75. The molecule has 0 spiro atoms. The molecule has 1 heterocycles. The molecule has 0 aliphatic carbocycles. The lowest BCUT2D eigenvalue weighted by molar-refractivity contribution is 0.324. The summed E-state index contributed by atoms with van der Waals surface area (Å²) in [5.74, 6) is 1.91.